The van der Waals surface area contributed by atoms with Crippen LogP contribution in [0.5, 0.6) is 0 Å². The summed E-state index contributed by atoms with van der Waals surface area (Å²) in [6.45, 7) is -1.22. The maximum Gasteiger partial charge on any atom is 0.416 e. The topological polar surface area (TPSA) is 104 Å². The van der Waals surface area contributed by atoms with Crippen molar-refractivity contribution in [2.45, 2.75) is 11.1 Å². The lowest BCUT2D eigenvalue weighted by Gasteiger charge is -2.11. The fourth-order valence-corrected chi connectivity index (χ4v) is 3.24. The number of benzene rings is 2. The number of amides is 2. The zero-order valence-corrected chi connectivity index (χ0v) is 16.1. The molecule has 3 N–H and O–H groups in total. The predicted molar refractivity (Wildman–Crippen MR) is 103 cm³/mol. The fourth-order valence-electron chi connectivity index (χ4n) is 2.22. The van der Waals surface area contributed by atoms with Crippen molar-refractivity contribution < 1.29 is 31.2 Å². The van der Waals surface area contributed by atoms with Crippen molar-refractivity contribution in [1.29, 1.82) is 0 Å². The van der Waals surface area contributed by atoms with E-state index >= 15 is 0 Å². The maximum absolute atomic E-state index is 12.7. The standard InChI is InChI=1S/C19H16F3N3O4S/c1-2-13-5-3-7-15(9-13)25-18(27)11-23-17(26)12-24-30(28,29)16-8-4-6-14(10-16)19(20,21)22/h1,3-10,24H,11-12H2,(H,23,26)(H,25,27). The summed E-state index contributed by atoms with van der Waals surface area (Å²) in [5.74, 6) is 0.964. The lowest BCUT2D eigenvalue weighted by molar-refractivity contribution is -0.137. The summed E-state index contributed by atoms with van der Waals surface area (Å²) in [4.78, 5) is 23.0. The molecular formula is C19H16F3N3O4S. The highest BCUT2D eigenvalue weighted by Gasteiger charge is 2.31. The second kappa shape index (κ2) is 9.43. The molecule has 0 aliphatic heterocycles. The molecule has 11 heteroatoms. The third-order valence-corrected chi connectivity index (χ3v) is 5.05. The van der Waals surface area contributed by atoms with E-state index in [1.807, 2.05) is 4.72 Å². The van der Waals surface area contributed by atoms with Gasteiger partial charge >= 0.3 is 6.18 Å². The first kappa shape index (κ1) is 22.9. The van der Waals surface area contributed by atoms with Gasteiger partial charge in [0, 0.05) is 11.3 Å². The summed E-state index contributed by atoms with van der Waals surface area (Å²) in [6, 6.07) is 9.51. The zero-order valence-electron chi connectivity index (χ0n) is 15.3. The number of hydrogen-bond donors (Lipinski definition) is 3. The van der Waals surface area contributed by atoms with Crippen LogP contribution in [0.3, 0.4) is 0 Å². The Kier molecular flexibility index (Phi) is 7.20. The SMILES string of the molecule is C#Cc1cccc(NC(=O)CNC(=O)CNS(=O)(=O)c2cccc(C(F)(F)F)c2)c1. The van der Waals surface area contributed by atoms with E-state index in [0.29, 0.717) is 17.3 Å². The largest absolute Gasteiger partial charge is 0.416 e. The first-order chi connectivity index (χ1) is 14.0. The summed E-state index contributed by atoms with van der Waals surface area (Å²) in [5, 5.41) is 4.69. The zero-order chi connectivity index (χ0) is 22.4. The van der Waals surface area contributed by atoms with Crippen molar-refractivity contribution in [2.75, 3.05) is 18.4 Å². The van der Waals surface area contributed by atoms with Crippen LogP contribution in [0.25, 0.3) is 0 Å². The van der Waals surface area contributed by atoms with Crippen LogP contribution in [-0.2, 0) is 25.8 Å². The third kappa shape index (κ3) is 6.61. The molecule has 0 saturated heterocycles. The maximum atomic E-state index is 12.7. The van der Waals surface area contributed by atoms with Gasteiger partial charge in [-0.3, -0.25) is 9.59 Å². The van der Waals surface area contributed by atoms with Gasteiger partial charge in [0.2, 0.25) is 21.8 Å². The van der Waals surface area contributed by atoms with Crippen LogP contribution < -0.4 is 15.4 Å². The molecule has 30 heavy (non-hydrogen) atoms. The minimum absolute atomic E-state index is 0.412. The molecule has 2 amide bonds. The molecule has 2 aromatic rings. The molecule has 0 aliphatic rings. The van der Waals surface area contributed by atoms with E-state index < -0.39 is 51.6 Å². The Bertz CT molecular complexity index is 1090. The van der Waals surface area contributed by atoms with Crippen molar-refractivity contribution in [3.63, 3.8) is 0 Å². The number of sulfonamides is 1. The normalized spacial score (nSPS) is 11.4. The van der Waals surface area contributed by atoms with Gasteiger partial charge < -0.3 is 10.6 Å². The second-order valence-corrected chi connectivity index (χ2v) is 7.67. The van der Waals surface area contributed by atoms with Crippen molar-refractivity contribution >= 4 is 27.5 Å². The summed E-state index contributed by atoms with van der Waals surface area (Å²) >= 11 is 0. The molecule has 7 nitrogen and oxygen atoms in total. The Morgan fingerprint density at radius 2 is 1.70 bits per heavy atom. The van der Waals surface area contributed by atoms with Crippen LogP contribution in [0.1, 0.15) is 11.1 Å². The Morgan fingerprint density at radius 3 is 2.37 bits per heavy atom. The van der Waals surface area contributed by atoms with E-state index in [-0.39, 0.29) is 0 Å². The molecule has 0 unspecified atom stereocenters. The van der Waals surface area contributed by atoms with Crippen molar-refractivity contribution in [3.05, 3.63) is 59.7 Å². The first-order valence-corrected chi connectivity index (χ1v) is 9.80. The van der Waals surface area contributed by atoms with Gasteiger partial charge in [-0.1, -0.05) is 18.1 Å². The number of alkyl halides is 3. The van der Waals surface area contributed by atoms with Crippen LogP contribution in [0, 0.1) is 12.3 Å². The molecule has 0 aromatic heterocycles. The van der Waals surface area contributed by atoms with Gasteiger partial charge in [-0.05, 0) is 36.4 Å². The van der Waals surface area contributed by atoms with E-state index in [1.54, 1.807) is 24.3 Å². The smallest absolute Gasteiger partial charge is 0.346 e. The molecule has 2 rings (SSSR count). The first-order valence-electron chi connectivity index (χ1n) is 8.31. The van der Waals surface area contributed by atoms with Gasteiger partial charge in [0.15, 0.2) is 0 Å². The highest BCUT2D eigenvalue weighted by molar-refractivity contribution is 7.89. The molecule has 158 valence electrons. The number of halogens is 3. The molecule has 0 bridgehead atoms. The van der Waals surface area contributed by atoms with E-state index in [4.69, 9.17) is 6.42 Å². The van der Waals surface area contributed by atoms with Crippen molar-refractivity contribution in [1.82, 2.24) is 10.0 Å². The van der Waals surface area contributed by atoms with Gasteiger partial charge in [-0.15, -0.1) is 6.42 Å². The number of hydrogen-bond acceptors (Lipinski definition) is 4. The Hall–Kier alpha value is -3.36. The Balaban J connectivity index is 1.88. The molecule has 0 aliphatic carbocycles. The van der Waals surface area contributed by atoms with Crippen LogP contribution in [-0.4, -0.2) is 33.3 Å². The van der Waals surface area contributed by atoms with Crippen LogP contribution in [0.4, 0.5) is 18.9 Å². The average molecular weight is 439 g/mol. The molecule has 2 aromatic carbocycles. The highest BCUT2D eigenvalue weighted by atomic mass is 32.2. The van der Waals surface area contributed by atoms with Gasteiger partial charge in [0.1, 0.15) is 0 Å². The van der Waals surface area contributed by atoms with E-state index in [2.05, 4.69) is 16.6 Å². The van der Waals surface area contributed by atoms with Crippen LogP contribution >= 0.6 is 0 Å². The van der Waals surface area contributed by atoms with E-state index in [9.17, 15) is 31.2 Å². The third-order valence-electron chi connectivity index (χ3n) is 3.65. The van der Waals surface area contributed by atoms with Crippen molar-refractivity contribution in [2.24, 2.45) is 0 Å². The summed E-state index contributed by atoms with van der Waals surface area (Å²) in [5.41, 5.74) is -0.184. The van der Waals surface area contributed by atoms with Gasteiger partial charge in [0.25, 0.3) is 0 Å². The quantitative estimate of drug-likeness (QED) is 0.572. The minimum atomic E-state index is -4.71. The lowest BCUT2D eigenvalue weighted by Crippen LogP contribution is -2.40. The lowest BCUT2D eigenvalue weighted by atomic mass is 10.2. The molecule has 0 radical (unpaired) electrons. The monoisotopic (exact) mass is 439 g/mol. The molecular weight excluding hydrogens is 423 g/mol. The average Bonchev–Trinajstić information content (AvgIpc) is 2.70. The van der Waals surface area contributed by atoms with E-state index in [0.717, 1.165) is 18.2 Å². The molecule has 0 saturated carbocycles. The molecule has 0 heterocycles. The van der Waals surface area contributed by atoms with Gasteiger partial charge in [-0.2, -0.15) is 13.2 Å². The molecule has 0 atom stereocenters. The predicted octanol–water partition coefficient (Wildman–Crippen LogP) is 1.72. The molecule has 0 fully saturated rings. The second-order valence-electron chi connectivity index (χ2n) is 5.90. The summed E-state index contributed by atoms with van der Waals surface area (Å²) in [7, 11) is -4.36. The van der Waals surface area contributed by atoms with Crippen molar-refractivity contribution in [3.8, 4) is 12.3 Å². The van der Waals surface area contributed by atoms with Gasteiger partial charge in [0.05, 0.1) is 23.5 Å². The minimum Gasteiger partial charge on any atom is -0.346 e. The van der Waals surface area contributed by atoms with Crippen LogP contribution in [0.15, 0.2) is 53.4 Å². The fraction of sp³-hybridized carbons (Fsp3) is 0.158. The van der Waals surface area contributed by atoms with Crippen LogP contribution in [0.2, 0.25) is 0 Å². The highest BCUT2D eigenvalue weighted by Crippen LogP contribution is 2.30. The number of terminal acetylenes is 1. The molecule has 0 spiro atoms. The number of anilines is 1. The Labute approximate surface area is 170 Å². The summed E-state index contributed by atoms with van der Waals surface area (Å²) < 4.78 is 64.2. The number of nitrogens with one attached hydrogen (secondary N) is 3. The van der Waals surface area contributed by atoms with Gasteiger partial charge in [-0.25, -0.2) is 13.1 Å². The number of carbonyl (C=O) groups is 2. The van der Waals surface area contributed by atoms with E-state index in [1.165, 1.54) is 0 Å². The number of carbonyl (C=O) groups excluding carboxylic acids is 2. The number of rotatable bonds is 7. The Morgan fingerprint density at radius 1 is 1.00 bits per heavy atom. The summed E-state index contributed by atoms with van der Waals surface area (Å²) in [6.07, 6.45) is 0.544.